The number of hydrogen-bond donors (Lipinski definition) is 2. The van der Waals surface area contributed by atoms with E-state index >= 15 is 0 Å². The summed E-state index contributed by atoms with van der Waals surface area (Å²) in [7, 11) is 1.72. The van der Waals surface area contributed by atoms with E-state index in [4.69, 9.17) is 11.6 Å². The molecule has 19 heavy (non-hydrogen) atoms. The molecule has 0 radical (unpaired) electrons. The average molecular weight is 277 g/mol. The fourth-order valence-corrected chi connectivity index (χ4v) is 1.76. The standard InChI is InChI=1S/C13H13ClN4O/c1-8-3-9(6-16-5-8)18-13(19)10-4-12(15-2)17-7-11(10)14/h3-7H,1-2H3,(H,15,17)(H,18,19). The minimum absolute atomic E-state index is 0.295. The molecular formula is C13H13ClN4O. The second-order valence-electron chi connectivity index (χ2n) is 4.00. The lowest BCUT2D eigenvalue weighted by Gasteiger charge is -2.08. The third-order valence-corrected chi connectivity index (χ3v) is 2.79. The molecule has 0 saturated heterocycles. The molecule has 2 rings (SSSR count). The van der Waals surface area contributed by atoms with Crippen LogP contribution < -0.4 is 10.6 Å². The van der Waals surface area contributed by atoms with Crippen molar-refractivity contribution in [2.24, 2.45) is 0 Å². The second kappa shape index (κ2) is 5.67. The normalized spacial score (nSPS) is 10.1. The van der Waals surface area contributed by atoms with Gasteiger partial charge in [0.2, 0.25) is 0 Å². The highest BCUT2D eigenvalue weighted by Gasteiger charge is 2.12. The van der Waals surface area contributed by atoms with Crippen LogP contribution in [0.25, 0.3) is 0 Å². The topological polar surface area (TPSA) is 66.9 Å². The maximum absolute atomic E-state index is 12.1. The van der Waals surface area contributed by atoms with Gasteiger partial charge >= 0.3 is 0 Å². The van der Waals surface area contributed by atoms with Gasteiger partial charge in [-0.3, -0.25) is 9.78 Å². The Bertz CT molecular complexity index is 615. The van der Waals surface area contributed by atoms with E-state index in [0.717, 1.165) is 5.56 Å². The summed E-state index contributed by atoms with van der Waals surface area (Å²) in [5.41, 5.74) is 1.96. The number of aromatic nitrogens is 2. The maximum Gasteiger partial charge on any atom is 0.257 e. The summed E-state index contributed by atoms with van der Waals surface area (Å²) in [5, 5.41) is 5.91. The molecule has 6 heteroatoms. The molecule has 2 N–H and O–H groups in total. The zero-order valence-corrected chi connectivity index (χ0v) is 11.3. The first-order valence-corrected chi connectivity index (χ1v) is 6.04. The molecule has 0 bridgehead atoms. The molecule has 5 nitrogen and oxygen atoms in total. The van der Waals surface area contributed by atoms with E-state index < -0.39 is 0 Å². The molecule has 98 valence electrons. The lowest BCUT2D eigenvalue weighted by atomic mass is 10.2. The van der Waals surface area contributed by atoms with Crippen molar-refractivity contribution in [1.82, 2.24) is 9.97 Å². The van der Waals surface area contributed by atoms with Gasteiger partial charge in [-0.15, -0.1) is 0 Å². The third-order valence-electron chi connectivity index (χ3n) is 2.49. The van der Waals surface area contributed by atoms with Crippen molar-refractivity contribution in [3.8, 4) is 0 Å². The summed E-state index contributed by atoms with van der Waals surface area (Å²) in [6, 6.07) is 3.43. The molecule has 2 aromatic rings. The van der Waals surface area contributed by atoms with Crippen LogP contribution in [0.1, 0.15) is 15.9 Å². The number of hydrogen-bond acceptors (Lipinski definition) is 4. The van der Waals surface area contributed by atoms with Crippen LogP contribution in [0.15, 0.2) is 30.7 Å². The van der Waals surface area contributed by atoms with E-state index in [1.807, 2.05) is 13.0 Å². The number of rotatable bonds is 3. The van der Waals surface area contributed by atoms with Crippen molar-refractivity contribution in [3.05, 3.63) is 46.9 Å². The quantitative estimate of drug-likeness (QED) is 0.905. The first kappa shape index (κ1) is 13.3. The first-order valence-electron chi connectivity index (χ1n) is 5.66. The number of aryl methyl sites for hydroxylation is 1. The van der Waals surface area contributed by atoms with Gasteiger partial charge in [-0.2, -0.15) is 0 Å². The molecule has 1 amide bonds. The van der Waals surface area contributed by atoms with Crippen molar-refractivity contribution in [2.45, 2.75) is 6.92 Å². The van der Waals surface area contributed by atoms with E-state index in [0.29, 0.717) is 22.1 Å². The molecule has 0 unspecified atom stereocenters. The molecular weight excluding hydrogens is 264 g/mol. The highest BCUT2D eigenvalue weighted by Crippen LogP contribution is 2.19. The zero-order chi connectivity index (χ0) is 13.8. The van der Waals surface area contributed by atoms with Crippen molar-refractivity contribution < 1.29 is 4.79 Å². The highest BCUT2D eigenvalue weighted by molar-refractivity contribution is 6.34. The van der Waals surface area contributed by atoms with E-state index in [-0.39, 0.29) is 5.91 Å². The Morgan fingerprint density at radius 3 is 2.74 bits per heavy atom. The van der Waals surface area contributed by atoms with Crippen LogP contribution in [0.4, 0.5) is 11.5 Å². The largest absolute Gasteiger partial charge is 0.373 e. The van der Waals surface area contributed by atoms with Crippen LogP contribution in [0.3, 0.4) is 0 Å². The summed E-state index contributed by atoms with van der Waals surface area (Å²) in [5.74, 6) is 0.285. The molecule has 0 atom stereocenters. The Morgan fingerprint density at radius 1 is 1.26 bits per heavy atom. The number of carbonyl (C=O) groups excluding carboxylic acids is 1. The molecule has 0 aromatic carbocycles. The minimum atomic E-state index is -0.295. The van der Waals surface area contributed by atoms with Gasteiger partial charge in [-0.25, -0.2) is 4.98 Å². The van der Waals surface area contributed by atoms with Crippen molar-refractivity contribution in [2.75, 3.05) is 17.7 Å². The van der Waals surface area contributed by atoms with Gasteiger partial charge < -0.3 is 10.6 Å². The molecule has 0 aliphatic heterocycles. The predicted molar refractivity (Wildman–Crippen MR) is 75.7 cm³/mol. The number of carbonyl (C=O) groups is 1. The van der Waals surface area contributed by atoms with Gasteiger partial charge in [0.1, 0.15) is 5.82 Å². The number of amides is 1. The minimum Gasteiger partial charge on any atom is -0.373 e. The fraction of sp³-hybridized carbons (Fsp3) is 0.154. The van der Waals surface area contributed by atoms with Gasteiger partial charge in [-0.1, -0.05) is 11.6 Å². The van der Waals surface area contributed by atoms with Gasteiger partial charge in [0.25, 0.3) is 5.91 Å². The summed E-state index contributed by atoms with van der Waals surface area (Å²) in [4.78, 5) is 20.2. The van der Waals surface area contributed by atoms with Gasteiger partial charge in [0.15, 0.2) is 0 Å². The number of nitrogens with zero attached hydrogens (tertiary/aromatic N) is 2. The summed E-state index contributed by atoms with van der Waals surface area (Å²) in [6.07, 6.45) is 4.74. The van der Waals surface area contributed by atoms with E-state index in [2.05, 4.69) is 20.6 Å². The van der Waals surface area contributed by atoms with E-state index in [9.17, 15) is 4.79 Å². The Labute approximate surface area is 116 Å². The van der Waals surface area contributed by atoms with Crippen LogP contribution in [0, 0.1) is 6.92 Å². The van der Waals surface area contributed by atoms with E-state index in [1.54, 1.807) is 25.5 Å². The zero-order valence-electron chi connectivity index (χ0n) is 10.6. The van der Waals surface area contributed by atoms with Crippen LogP contribution in [0.2, 0.25) is 5.02 Å². The summed E-state index contributed by atoms with van der Waals surface area (Å²) < 4.78 is 0. The van der Waals surface area contributed by atoms with Crippen LogP contribution in [-0.2, 0) is 0 Å². The fourth-order valence-electron chi connectivity index (χ4n) is 1.57. The third kappa shape index (κ3) is 3.20. The SMILES string of the molecule is CNc1cc(C(=O)Nc2cncc(C)c2)c(Cl)cn1. The first-order chi connectivity index (χ1) is 9.10. The Hall–Kier alpha value is -2.14. The molecule has 0 aliphatic rings. The van der Waals surface area contributed by atoms with Gasteiger partial charge in [0.05, 0.1) is 22.5 Å². The lowest BCUT2D eigenvalue weighted by Crippen LogP contribution is -2.13. The van der Waals surface area contributed by atoms with E-state index in [1.165, 1.54) is 6.20 Å². The Morgan fingerprint density at radius 2 is 2.05 bits per heavy atom. The Kier molecular flexibility index (Phi) is 3.97. The number of nitrogens with one attached hydrogen (secondary N) is 2. The van der Waals surface area contributed by atoms with Crippen LogP contribution in [0.5, 0.6) is 0 Å². The highest BCUT2D eigenvalue weighted by atomic mass is 35.5. The van der Waals surface area contributed by atoms with Crippen molar-refractivity contribution in [3.63, 3.8) is 0 Å². The smallest absolute Gasteiger partial charge is 0.257 e. The van der Waals surface area contributed by atoms with Crippen molar-refractivity contribution >= 4 is 29.0 Å². The maximum atomic E-state index is 12.1. The van der Waals surface area contributed by atoms with Gasteiger partial charge in [-0.05, 0) is 24.6 Å². The van der Waals surface area contributed by atoms with Crippen LogP contribution >= 0.6 is 11.6 Å². The molecule has 0 aliphatic carbocycles. The second-order valence-corrected chi connectivity index (χ2v) is 4.41. The average Bonchev–Trinajstić information content (AvgIpc) is 2.39. The summed E-state index contributed by atoms with van der Waals surface area (Å²) in [6.45, 7) is 1.90. The van der Waals surface area contributed by atoms with Crippen molar-refractivity contribution in [1.29, 1.82) is 0 Å². The molecule has 2 heterocycles. The molecule has 0 fully saturated rings. The van der Waals surface area contributed by atoms with Crippen LogP contribution in [-0.4, -0.2) is 22.9 Å². The number of anilines is 2. The number of halogens is 1. The summed E-state index contributed by atoms with van der Waals surface area (Å²) >= 11 is 5.98. The van der Waals surface area contributed by atoms with Gasteiger partial charge in [0, 0.05) is 19.4 Å². The predicted octanol–water partition coefficient (Wildman–Crippen LogP) is 2.73. The monoisotopic (exact) mass is 276 g/mol. The molecule has 0 spiro atoms. The lowest BCUT2D eigenvalue weighted by molar-refractivity contribution is 0.102. The molecule has 0 saturated carbocycles. The molecule has 2 aromatic heterocycles. The number of pyridine rings is 2. The Balaban J connectivity index is 2.25.